The standard InChI is InChI=1S/C23H31F2N5O4S/c1-14(13-34-22(24)25)28-23(26-3)29-30-15(2)19(11-20(30)16-5-8-18(31)9-6-16)17-7-10-21(27-12-17)35(4,32)33/h7,10-12,14,16,18,22,31H,3,5-6,8-9,13H2,1-2,4H3,(H,28,29)/t14-,16?,18?/m0/s1. The van der Waals surface area contributed by atoms with Crippen molar-refractivity contribution in [2.24, 2.45) is 9.98 Å². The Morgan fingerprint density at radius 3 is 2.57 bits per heavy atom. The highest BCUT2D eigenvalue weighted by molar-refractivity contribution is 7.90. The van der Waals surface area contributed by atoms with E-state index in [4.69, 9.17) is 0 Å². The van der Waals surface area contributed by atoms with Crippen LogP contribution in [0.25, 0.3) is 11.1 Å². The van der Waals surface area contributed by atoms with E-state index in [0.717, 1.165) is 41.6 Å². The number of aliphatic hydroxyl groups excluding tert-OH is 1. The van der Waals surface area contributed by atoms with Crippen LogP contribution in [0.5, 0.6) is 0 Å². The predicted molar refractivity (Wildman–Crippen MR) is 130 cm³/mol. The summed E-state index contributed by atoms with van der Waals surface area (Å²) in [7, 11) is -3.42. The van der Waals surface area contributed by atoms with Crippen LogP contribution in [0.2, 0.25) is 0 Å². The van der Waals surface area contributed by atoms with E-state index >= 15 is 0 Å². The molecule has 2 aromatic rings. The number of aliphatic imine (C=N–C) groups is 2. The molecule has 35 heavy (non-hydrogen) atoms. The molecule has 0 saturated heterocycles. The van der Waals surface area contributed by atoms with Crippen LogP contribution in [0.4, 0.5) is 8.78 Å². The monoisotopic (exact) mass is 511 g/mol. The number of pyridine rings is 1. The van der Waals surface area contributed by atoms with E-state index in [1.54, 1.807) is 13.0 Å². The zero-order chi connectivity index (χ0) is 25.8. The van der Waals surface area contributed by atoms with Crippen molar-refractivity contribution in [1.82, 2.24) is 9.66 Å². The van der Waals surface area contributed by atoms with E-state index < -0.39 is 22.5 Å². The van der Waals surface area contributed by atoms with E-state index in [-0.39, 0.29) is 29.6 Å². The number of hydrogen-bond acceptors (Lipinski definition) is 6. The van der Waals surface area contributed by atoms with Crippen molar-refractivity contribution in [2.75, 3.05) is 18.3 Å². The van der Waals surface area contributed by atoms with Gasteiger partial charge in [0.05, 0.1) is 18.8 Å². The summed E-state index contributed by atoms with van der Waals surface area (Å²) in [6.07, 6.45) is 5.22. The molecule has 0 amide bonds. The van der Waals surface area contributed by atoms with Gasteiger partial charge in [0.25, 0.3) is 0 Å². The fourth-order valence-electron chi connectivity index (χ4n) is 4.17. The zero-order valence-electron chi connectivity index (χ0n) is 20.0. The number of guanidine groups is 1. The molecule has 1 aliphatic rings. The van der Waals surface area contributed by atoms with Crippen molar-refractivity contribution < 1.29 is 27.0 Å². The van der Waals surface area contributed by atoms with Crippen molar-refractivity contribution >= 4 is 22.5 Å². The number of alkyl halides is 2. The molecule has 0 radical (unpaired) electrons. The molecular weight excluding hydrogens is 480 g/mol. The number of halogens is 2. The molecule has 1 aliphatic carbocycles. The molecule has 0 aliphatic heterocycles. The Hall–Kier alpha value is -2.70. The lowest BCUT2D eigenvalue weighted by Crippen LogP contribution is -2.28. The van der Waals surface area contributed by atoms with Crippen molar-refractivity contribution in [2.45, 2.75) is 69.2 Å². The minimum atomic E-state index is -3.42. The van der Waals surface area contributed by atoms with Crippen molar-refractivity contribution in [1.29, 1.82) is 0 Å². The van der Waals surface area contributed by atoms with Gasteiger partial charge < -0.3 is 9.84 Å². The smallest absolute Gasteiger partial charge is 0.345 e. The average molecular weight is 512 g/mol. The van der Waals surface area contributed by atoms with E-state index in [9.17, 15) is 22.3 Å². The number of hydrogen-bond donors (Lipinski definition) is 2. The second-order valence-corrected chi connectivity index (χ2v) is 10.7. The van der Waals surface area contributed by atoms with Crippen LogP contribution in [0.15, 0.2) is 39.4 Å². The van der Waals surface area contributed by atoms with Crippen LogP contribution in [0.1, 0.15) is 49.9 Å². The minimum Gasteiger partial charge on any atom is -0.393 e. The third kappa shape index (κ3) is 6.92. The molecule has 12 heteroatoms. The van der Waals surface area contributed by atoms with Gasteiger partial charge in [0, 0.05) is 40.9 Å². The number of sulfone groups is 1. The van der Waals surface area contributed by atoms with Crippen LogP contribution in [0, 0.1) is 6.92 Å². The van der Waals surface area contributed by atoms with E-state index in [1.165, 1.54) is 12.3 Å². The van der Waals surface area contributed by atoms with Crippen molar-refractivity contribution in [3.63, 3.8) is 0 Å². The number of nitrogens with one attached hydrogen (secondary N) is 1. The molecule has 3 rings (SSSR count). The van der Waals surface area contributed by atoms with Gasteiger partial charge >= 0.3 is 6.61 Å². The number of ether oxygens (including phenoxy) is 1. The van der Waals surface area contributed by atoms with Crippen LogP contribution in [-0.2, 0) is 14.6 Å². The number of aromatic nitrogens is 2. The average Bonchev–Trinajstić information content (AvgIpc) is 3.13. The normalized spacial score (nSPS) is 20.1. The summed E-state index contributed by atoms with van der Waals surface area (Å²) in [5, 5.41) is 9.95. The van der Waals surface area contributed by atoms with Gasteiger partial charge in [0.1, 0.15) is 0 Å². The third-order valence-electron chi connectivity index (χ3n) is 5.99. The highest BCUT2D eigenvalue weighted by Gasteiger charge is 2.26. The fraction of sp³-hybridized carbons (Fsp3) is 0.522. The van der Waals surface area contributed by atoms with Gasteiger partial charge in [-0.3, -0.25) is 10.1 Å². The lowest BCUT2D eigenvalue weighted by molar-refractivity contribution is -0.130. The van der Waals surface area contributed by atoms with Crippen LogP contribution < -0.4 is 5.43 Å². The lowest BCUT2D eigenvalue weighted by Gasteiger charge is -2.27. The molecule has 0 aromatic carbocycles. The first kappa shape index (κ1) is 26.9. The van der Waals surface area contributed by atoms with Crippen molar-refractivity contribution in [3.8, 4) is 11.1 Å². The van der Waals surface area contributed by atoms with E-state index in [0.29, 0.717) is 12.8 Å². The molecule has 0 bridgehead atoms. The Morgan fingerprint density at radius 1 is 1.34 bits per heavy atom. The second-order valence-electron chi connectivity index (χ2n) is 8.73. The molecule has 1 fully saturated rings. The molecule has 192 valence electrons. The molecule has 1 saturated carbocycles. The summed E-state index contributed by atoms with van der Waals surface area (Å²) < 4.78 is 54.5. The quantitative estimate of drug-likeness (QED) is 0.414. The van der Waals surface area contributed by atoms with Crippen LogP contribution >= 0.6 is 0 Å². The number of rotatable bonds is 8. The van der Waals surface area contributed by atoms with Gasteiger partial charge in [-0.05, 0) is 64.4 Å². The van der Waals surface area contributed by atoms with Gasteiger partial charge in [-0.1, -0.05) is 0 Å². The van der Waals surface area contributed by atoms with E-state index in [2.05, 4.69) is 31.8 Å². The summed E-state index contributed by atoms with van der Waals surface area (Å²) in [5.41, 5.74) is 6.44. The zero-order valence-corrected chi connectivity index (χ0v) is 20.8. The molecule has 9 nitrogen and oxygen atoms in total. The summed E-state index contributed by atoms with van der Waals surface area (Å²) in [5.74, 6) is 0.288. The highest BCUT2D eigenvalue weighted by Crippen LogP contribution is 2.37. The molecule has 0 spiro atoms. The first-order valence-electron chi connectivity index (χ1n) is 11.3. The van der Waals surface area contributed by atoms with Gasteiger partial charge in [-0.25, -0.2) is 23.4 Å². The van der Waals surface area contributed by atoms with Crippen LogP contribution in [0.3, 0.4) is 0 Å². The highest BCUT2D eigenvalue weighted by atomic mass is 32.2. The summed E-state index contributed by atoms with van der Waals surface area (Å²) in [4.78, 5) is 12.3. The Kier molecular flexibility index (Phi) is 8.73. The second kappa shape index (κ2) is 11.4. The van der Waals surface area contributed by atoms with Gasteiger partial charge in [-0.2, -0.15) is 8.78 Å². The Balaban J connectivity index is 1.98. The maximum absolute atomic E-state index is 12.4. The summed E-state index contributed by atoms with van der Waals surface area (Å²) >= 11 is 0. The van der Waals surface area contributed by atoms with Gasteiger partial charge in [-0.15, -0.1) is 0 Å². The molecule has 2 heterocycles. The Morgan fingerprint density at radius 2 is 2.03 bits per heavy atom. The molecule has 1 atom stereocenters. The lowest BCUT2D eigenvalue weighted by atomic mass is 9.85. The molecule has 0 unspecified atom stereocenters. The predicted octanol–water partition coefficient (Wildman–Crippen LogP) is 3.51. The molecular formula is C23H31F2N5O4S. The van der Waals surface area contributed by atoms with Gasteiger partial charge in [0.15, 0.2) is 14.9 Å². The topological polar surface area (TPSA) is 118 Å². The minimum absolute atomic E-state index is 0.0109. The maximum Gasteiger partial charge on any atom is 0.345 e. The SMILES string of the molecule is C=NC(=N[C@@H](C)COC(F)F)Nn1c(C2CCC(O)CC2)cc(-c2ccc(S(C)(=O)=O)nc2)c1C. The summed E-state index contributed by atoms with van der Waals surface area (Å²) in [6, 6.07) is 4.59. The van der Waals surface area contributed by atoms with Crippen LogP contribution in [-0.4, -0.2) is 67.5 Å². The molecule has 2 N–H and O–H groups in total. The van der Waals surface area contributed by atoms with Gasteiger partial charge in [0.2, 0.25) is 5.96 Å². The Labute approximate surface area is 203 Å². The largest absolute Gasteiger partial charge is 0.393 e. The fourth-order valence-corrected chi connectivity index (χ4v) is 4.73. The first-order chi connectivity index (χ1) is 16.5. The first-order valence-corrected chi connectivity index (χ1v) is 13.2. The third-order valence-corrected chi connectivity index (χ3v) is 6.99. The number of nitrogens with zero attached hydrogens (tertiary/aromatic N) is 4. The van der Waals surface area contributed by atoms with Crippen molar-refractivity contribution in [3.05, 3.63) is 35.8 Å². The molecule has 2 aromatic heterocycles. The van der Waals surface area contributed by atoms with E-state index in [1.807, 2.05) is 17.7 Å². The summed E-state index contributed by atoms with van der Waals surface area (Å²) in [6.45, 7) is 3.89. The number of aliphatic hydroxyl groups is 1. The Bertz CT molecular complexity index is 1160. The maximum atomic E-state index is 12.4.